The van der Waals surface area contributed by atoms with Crippen molar-refractivity contribution in [3.8, 4) is 0 Å². The zero-order chi connectivity index (χ0) is 31.5. The van der Waals surface area contributed by atoms with Crippen LogP contribution in [0.15, 0.2) is 94.8 Å². The van der Waals surface area contributed by atoms with E-state index in [-0.39, 0.29) is 36.2 Å². The molecule has 0 aliphatic heterocycles. The van der Waals surface area contributed by atoms with Gasteiger partial charge in [-0.3, -0.25) is 19.2 Å². The van der Waals surface area contributed by atoms with Crippen LogP contribution in [0, 0.1) is 5.82 Å². The fourth-order valence-electron chi connectivity index (χ4n) is 3.78. The fraction of sp³-hybridized carbons (Fsp3) is 0.156. The van der Waals surface area contributed by atoms with E-state index in [0.29, 0.717) is 22.1 Å². The highest BCUT2D eigenvalue weighted by atomic mass is 32.2. The maximum atomic E-state index is 14.4. The number of thiazole rings is 1. The molecule has 12 heteroatoms. The summed E-state index contributed by atoms with van der Waals surface area (Å²) in [6.07, 6.45) is 1.31. The second-order valence-electron chi connectivity index (χ2n) is 9.25. The van der Waals surface area contributed by atoms with Crippen molar-refractivity contribution in [3.05, 3.63) is 113 Å². The van der Waals surface area contributed by atoms with Gasteiger partial charge in [0.1, 0.15) is 11.5 Å². The average molecular weight is 633 g/mol. The van der Waals surface area contributed by atoms with E-state index in [1.807, 2.05) is 0 Å². The van der Waals surface area contributed by atoms with E-state index < -0.39 is 22.9 Å². The third-order valence-corrected chi connectivity index (χ3v) is 7.86. The molecule has 3 N–H and O–H groups in total. The second kappa shape index (κ2) is 15.6. The van der Waals surface area contributed by atoms with E-state index in [2.05, 4.69) is 20.9 Å². The molecule has 1 aromatic heterocycles. The Bertz CT molecular complexity index is 1660. The van der Waals surface area contributed by atoms with Gasteiger partial charge in [-0.1, -0.05) is 36.4 Å². The Morgan fingerprint density at radius 3 is 2.39 bits per heavy atom. The number of carbonyl (C=O) groups excluding carboxylic acids is 4. The van der Waals surface area contributed by atoms with Crippen LogP contribution in [-0.4, -0.2) is 40.5 Å². The third-order valence-electron chi connectivity index (χ3n) is 5.94. The van der Waals surface area contributed by atoms with Crippen LogP contribution in [0.1, 0.15) is 35.5 Å². The Labute approximate surface area is 261 Å². The number of aromatic nitrogens is 1. The van der Waals surface area contributed by atoms with Crippen LogP contribution in [-0.2, 0) is 25.5 Å². The Morgan fingerprint density at radius 1 is 0.977 bits per heavy atom. The molecular weight excluding hydrogens is 604 g/mol. The zero-order valence-electron chi connectivity index (χ0n) is 23.8. The fourth-order valence-corrected chi connectivity index (χ4v) is 5.36. The highest BCUT2D eigenvalue weighted by molar-refractivity contribution is 8.00. The number of nitrogens with one attached hydrogen (secondary N) is 3. The van der Waals surface area contributed by atoms with E-state index in [0.717, 1.165) is 4.90 Å². The first kappa shape index (κ1) is 32.1. The van der Waals surface area contributed by atoms with Crippen LogP contribution < -0.4 is 16.0 Å². The topological polar surface area (TPSA) is 126 Å². The van der Waals surface area contributed by atoms with Gasteiger partial charge < -0.3 is 20.7 Å². The van der Waals surface area contributed by atoms with Gasteiger partial charge in [0.05, 0.1) is 24.0 Å². The second-order valence-corrected chi connectivity index (χ2v) is 11.5. The standard InChI is InChI=1S/C32H29FN4O5S2/c1-3-42-28(38)18-24-19-43-32(35-24)37-29(39)20(2)44-25-15-13-23(14-16-25)34-31(41)27(17-22-11-7-8-12-26(22)33)36-30(40)21-9-5-4-6-10-21/h4-17,19-20H,3,18H2,1-2H3,(H,34,41)(H,36,40)(H,35,37,39)/b27-17-. The smallest absolute Gasteiger partial charge is 0.311 e. The summed E-state index contributed by atoms with van der Waals surface area (Å²) in [6, 6.07) is 21.1. The molecule has 0 saturated carbocycles. The van der Waals surface area contributed by atoms with E-state index in [1.54, 1.807) is 79.9 Å². The molecule has 0 aliphatic carbocycles. The monoisotopic (exact) mass is 632 g/mol. The highest BCUT2D eigenvalue weighted by Crippen LogP contribution is 2.26. The lowest BCUT2D eigenvalue weighted by Crippen LogP contribution is -2.30. The number of ether oxygens (including phenoxy) is 1. The van der Waals surface area contributed by atoms with E-state index in [4.69, 9.17) is 4.74 Å². The van der Waals surface area contributed by atoms with E-state index in [1.165, 1.54) is 47.4 Å². The molecular formula is C32H29FN4O5S2. The van der Waals surface area contributed by atoms with Gasteiger partial charge in [-0.2, -0.15) is 0 Å². The van der Waals surface area contributed by atoms with Crippen molar-refractivity contribution in [2.45, 2.75) is 30.4 Å². The molecule has 1 unspecified atom stereocenters. The third kappa shape index (κ3) is 9.35. The lowest BCUT2D eigenvalue weighted by Gasteiger charge is -2.13. The Morgan fingerprint density at radius 2 is 1.68 bits per heavy atom. The molecule has 4 aromatic rings. The van der Waals surface area contributed by atoms with Gasteiger partial charge in [0.2, 0.25) is 5.91 Å². The van der Waals surface area contributed by atoms with E-state index >= 15 is 0 Å². The number of benzene rings is 3. The molecule has 0 saturated heterocycles. The van der Waals surface area contributed by atoms with Gasteiger partial charge in [0.25, 0.3) is 11.8 Å². The van der Waals surface area contributed by atoms with Gasteiger partial charge >= 0.3 is 5.97 Å². The number of hydrogen-bond donors (Lipinski definition) is 3. The predicted molar refractivity (Wildman–Crippen MR) is 170 cm³/mol. The minimum atomic E-state index is -0.642. The van der Waals surface area contributed by atoms with Crippen LogP contribution >= 0.6 is 23.1 Å². The Balaban J connectivity index is 1.38. The number of rotatable bonds is 12. The van der Waals surface area contributed by atoms with Crippen molar-refractivity contribution in [1.29, 1.82) is 0 Å². The molecule has 226 valence electrons. The molecule has 9 nitrogen and oxygen atoms in total. The van der Waals surface area contributed by atoms with Crippen molar-refractivity contribution in [1.82, 2.24) is 10.3 Å². The lowest BCUT2D eigenvalue weighted by molar-refractivity contribution is -0.142. The van der Waals surface area contributed by atoms with Crippen LogP contribution in [0.2, 0.25) is 0 Å². The molecule has 0 aliphatic rings. The summed E-state index contributed by atoms with van der Waals surface area (Å²) in [5.74, 6) is -2.35. The molecule has 3 aromatic carbocycles. The Kier molecular flexibility index (Phi) is 11.4. The molecule has 44 heavy (non-hydrogen) atoms. The summed E-state index contributed by atoms with van der Waals surface area (Å²) >= 11 is 2.53. The van der Waals surface area contributed by atoms with Crippen LogP contribution in [0.3, 0.4) is 0 Å². The minimum Gasteiger partial charge on any atom is -0.466 e. The van der Waals surface area contributed by atoms with Crippen LogP contribution in [0.25, 0.3) is 6.08 Å². The summed E-state index contributed by atoms with van der Waals surface area (Å²) in [4.78, 5) is 55.4. The normalized spacial score (nSPS) is 11.8. The molecule has 0 spiro atoms. The summed E-state index contributed by atoms with van der Waals surface area (Å²) in [7, 11) is 0. The highest BCUT2D eigenvalue weighted by Gasteiger charge is 2.18. The van der Waals surface area contributed by atoms with Gasteiger partial charge in [0.15, 0.2) is 5.13 Å². The average Bonchev–Trinajstić information content (AvgIpc) is 3.45. The molecule has 1 heterocycles. The SMILES string of the molecule is CCOC(=O)Cc1csc(NC(=O)C(C)Sc2ccc(NC(=O)/C(=C/c3ccccc3F)NC(=O)c3ccccc3)cc2)n1. The summed E-state index contributed by atoms with van der Waals surface area (Å²) in [6.45, 7) is 3.76. The summed E-state index contributed by atoms with van der Waals surface area (Å²) < 4.78 is 19.3. The lowest BCUT2D eigenvalue weighted by atomic mass is 10.1. The molecule has 1 atom stereocenters. The van der Waals surface area contributed by atoms with Crippen LogP contribution in [0.5, 0.6) is 0 Å². The number of hydrogen-bond acceptors (Lipinski definition) is 8. The van der Waals surface area contributed by atoms with E-state index in [9.17, 15) is 23.6 Å². The predicted octanol–water partition coefficient (Wildman–Crippen LogP) is 5.92. The first-order chi connectivity index (χ1) is 21.2. The van der Waals surface area contributed by atoms with Gasteiger partial charge in [-0.25, -0.2) is 9.37 Å². The molecule has 3 amide bonds. The van der Waals surface area contributed by atoms with Gasteiger partial charge in [0, 0.05) is 27.1 Å². The minimum absolute atomic E-state index is 0.0349. The van der Waals surface area contributed by atoms with Crippen molar-refractivity contribution in [2.24, 2.45) is 0 Å². The number of amides is 3. The van der Waals surface area contributed by atoms with Gasteiger partial charge in [-0.05, 0) is 62.4 Å². The number of anilines is 2. The van der Waals surface area contributed by atoms with Crippen molar-refractivity contribution in [3.63, 3.8) is 0 Å². The number of halogens is 1. The Hall–Kier alpha value is -4.81. The maximum Gasteiger partial charge on any atom is 0.311 e. The molecule has 0 radical (unpaired) electrons. The summed E-state index contributed by atoms with van der Waals surface area (Å²) in [5.41, 5.74) is 1.29. The number of esters is 1. The number of nitrogens with zero attached hydrogens (tertiary/aromatic N) is 1. The first-order valence-electron chi connectivity index (χ1n) is 13.5. The summed E-state index contributed by atoms with van der Waals surface area (Å²) in [5, 5.41) is 9.68. The van der Waals surface area contributed by atoms with Crippen LogP contribution in [0.4, 0.5) is 15.2 Å². The first-order valence-corrected chi connectivity index (χ1v) is 15.3. The molecule has 4 rings (SSSR count). The van der Waals surface area contributed by atoms with Gasteiger partial charge in [-0.15, -0.1) is 23.1 Å². The number of carbonyl (C=O) groups is 4. The zero-order valence-corrected chi connectivity index (χ0v) is 25.5. The molecule has 0 fully saturated rings. The number of thioether (sulfide) groups is 1. The maximum absolute atomic E-state index is 14.4. The quantitative estimate of drug-likeness (QED) is 0.101. The van der Waals surface area contributed by atoms with Crippen molar-refractivity contribution in [2.75, 3.05) is 17.2 Å². The largest absolute Gasteiger partial charge is 0.466 e. The molecule has 0 bridgehead atoms. The van der Waals surface area contributed by atoms with Crippen molar-refractivity contribution >= 4 is 63.7 Å². The van der Waals surface area contributed by atoms with Crippen molar-refractivity contribution < 1.29 is 28.3 Å².